The molecule has 0 aromatic heterocycles. The van der Waals surface area contributed by atoms with Crippen LogP contribution in [0.1, 0.15) is 17.5 Å². The smallest absolute Gasteiger partial charge is 0.255 e. The second-order valence-electron chi connectivity index (χ2n) is 7.32. The van der Waals surface area contributed by atoms with Crippen molar-refractivity contribution in [2.24, 2.45) is 0 Å². The number of anilines is 2. The Morgan fingerprint density at radius 1 is 1.00 bits per heavy atom. The molecule has 3 aromatic carbocycles. The number of para-hydroxylation sites is 1. The van der Waals surface area contributed by atoms with Gasteiger partial charge in [0.2, 0.25) is 5.91 Å². The molecule has 1 atom stereocenters. The van der Waals surface area contributed by atoms with Crippen LogP contribution >= 0.6 is 15.9 Å². The first-order valence-corrected chi connectivity index (χ1v) is 10.5. The summed E-state index contributed by atoms with van der Waals surface area (Å²) in [4.78, 5) is 27.8. The molecular formula is C25H21BrN2O2. The zero-order valence-electron chi connectivity index (χ0n) is 16.5. The van der Waals surface area contributed by atoms with E-state index < -0.39 is 5.54 Å². The average Bonchev–Trinajstić information content (AvgIpc) is 2.74. The first-order chi connectivity index (χ1) is 14.5. The Morgan fingerprint density at radius 3 is 2.33 bits per heavy atom. The van der Waals surface area contributed by atoms with Gasteiger partial charge in [-0.1, -0.05) is 70.5 Å². The molecule has 1 N–H and O–H groups in total. The fourth-order valence-electron chi connectivity index (χ4n) is 3.62. The molecule has 0 spiro atoms. The zero-order chi connectivity index (χ0) is 21.1. The van der Waals surface area contributed by atoms with Gasteiger partial charge >= 0.3 is 0 Å². The lowest BCUT2D eigenvalue weighted by molar-refractivity contribution is -0.134. The fraction of sp³-hybridized carbons (Fsp3) is 0.120. The molecule has 3 aromatic rings. The molecule has 5 heteroatoms. The third-order valence-corrected chi connectivity index (χ3v) is 5.82. The van der Waals surface area contributed by atoms with Crippen molar-refractivity contribution < 1.29 is 9.59 Å². The number of nitrogens with zero attached hydrogens (tertiary/aromatic N) is 1. The second kappa shape index (κ2) is 8.28. The monoisotopic (exact) mass is 460 g/mol. The van der Waals surface area contributed by atoms with Gasteiger partial charge in [-0.3, -0.25) is 14.5 Å². The van der Waals surface area contributed by atoms with Gasteiger partial charge in [0.25, 0.3) is 5.91 Å². The predicted octanol–water partition coefficient (Wildman–Crippen LogP) is 5.59. The van der Waals surface area contributed by atoms with Crippen LogP contribution in [-0.2, 0) is 9.59 Å². The van der Waals surface area contributed by atoms with E-state index in [0.29, 0.717) is 5.69 Å². The standard InChI is InChI=1S/C25H21BrN2O2/c1-18-7-5-6-10-22(18)27-24(30)25(16-15-19-8-3-2-4-9-19)17-23(29)28(25)21-13-11-20(26)12-14-21/h2-16H,17H2,1H3,(H,27,30)/t25-/m0/s1. The summed E-state index contributed by atoms with van der Waals surface area (Å²) in [5.74, 6) is -0.318. The molecule has 30 heavy (non-hydrogen) atoms. The number of hydrogen-bond donors (Lipinski definition) is 1. The molecule has 2 amide bonds. The highest BCUT2D eigenvalue weighted by atomic mass is 79.9. The van der Waals surface area contributed by atoms with Gasteiger partial charge in [0, 0.05) is 15.8 Å². The summed E-state index contributed by atoms with van der Waals surface area (Å²) in [6, 6.07) is 24.8. The van der Waals surface area contributed by atoms with Crippen molar-refractivity contribution in [3.05, 3.63) is 101 Å². The van der Waals surface area contributed by atoms with Gasteiger partial charge in [0.1, 0.15) is 0 Å². The lowest BCUT2D eigenvalue weighted by Crippen LogP contribution is -2.68. The van der Waals surface area contributed by atoms with E-state index in [-0.39, 0.29) is 18.2 Å². The van der Waals surface area contributed by atoms with Crippen LogP contribution in [-0.4, -0.2) is 17.4 Å². The summed E-state index contributed by atoms with van der Waals surface area (Å²) in [5, 5.41) is 3.03. The molecule has 0 aliphatic carbocycles. The van der Waals surface area contributed by atoms with E-state index in [1.807, 2.05) is 97.9 Å². The fourth-order valence-corrected chi connectivity index (χ4v) is 3.88. The van der Waals surface area contributed by atoms with E-state index >= 15 is 0 Å². The number of carbonyl (C=O) groups is 2. The van der Waals surface area contributed by atoms with Crippen molar-refractivity contribution in [2.45, 2.75) is 18.9 Å². The molecule has 0 radical (unpaired) electrons. The van der Waals surface area contributed by atoms with Crippen LogP contribution in [0.5, 0.6) is 0 Å². The maximum atomic E-state index is 13.5. The van der Waals surface area contributed by atoms with Crippen LogP contribution in [0.15, 0.2) is 89.4 Å². The van der Waals surface area contributed by atoms with E-state index in [4.69, 9.17) is 0 Å². The van der Waals surface area contributed by atoms with Crippen LogP contribution in [0.3, 0.4) is 0 Å². The summed E-state index contributed by atoms with van der Waals surface area (Å²) in [7, 11) is 0. The summed E-state index contributed by atoms with van der Waals surface area (Å²) in [6.07, 6.45) is 3.85. The Balaban J connectivity index is 1.74. The van der Waals surface area contributed by atoms with E-state index in [0.717, 1.165) is 21.3 Å². The predicted molar refractivity (Wildman–Crippen MR) is 124 cm³/mol. The van der Waals surface area contributed by atoms with Crippen molar-refractivity contribution in [3.8, 4) is 0 Å². The van der Waals surface area contributed by atoms with Crippen LogP contribution < -0.4 is 10.2 Å². The number of aryl methyl sites for hydroxylation is 1. The number of β-lactam (4-membered cyclic amide) rings is 1. The molecule has 4 nitrogen and oxygen atoms in total. The lowest BCUT2D eigenvalue weighted by Gasteiger charge is -2.48. The maximum Gasteiger partial charge on any atom is 0.255 e. The third kappa shape index (κ3) is 3.81. The third-order valence-electron chi connectivity index (χ3n) is 5.29. The van der Waals surface area contributed by atoms with Gasteiger partial charge < -0.3 is 5.32 Å². The topological polar surface area (TPSA) is 49.4 Å². The molecule has 1 aliphatic heterocycles. The molecule has 1 fully saturated rings. The van der Waals surface area contributed by atoms with Gasteiger partial charge in [-0.2, -0.15) is 0 Å². The number of halogens is 1. The number of hydrogen-bond acceptors (Lipinski definition) is 2. The lowest BCUT2D eigenvalue weighted by atomic mass is 9.81. The van der Waals surface area contributed by atoms with Crippen LogP contribution in [0.4, 0.5) is 11.4 Å². The highest BCUT2D eigenvalue weighted by Crippen LogP contribution is 2.40. The van der Waals surface area contributed by atoms with Crippen molar-refractivity contribution in [1.29, 1.82) is 0 Å². The van der Waals surface area contributed by atoms with Crippen molar-refractivity contribution in [2.75, 3.05) is 10.2 Å². The van der Waals surface area contributed by atoms with E-state index in [2.05, 4.69) is 21.2 Å². The average molecular weight is 461 g/mol. The van der Waals surface area contributed by atoms with Gasteiger partial charge in [-0.15, -0.1) is 0 Å². The number of nitrogens with one attached hydrogen (secondary N) is 1. The minimum absolute atomic E-state index is 0.0880. The van der Waals surface area contributed by atoms with Crippen LogP contribution in [0.2, 0.25) is 0 Å². The number of rotatable bonds is 5. The normalized spacial score (nSPS) is 18.3. The molecule has 1 heterocycles. The SMILES string of the molecule is Cc1ccccc1NC(=O)[C@]1(C=Cc2ccccc2)CC(=O)N1c1ccc(Br)cc1. The van der Waals surface area contributed by atoms with E-state index in [1.165, 1.54) is 0 Å². The van der Waals surface area contributed by atoms with Gasteiger partial charge in [-0.05, 0) is 54.5 Å². The minimum atomic E-state index is -1.09. The van der Waals surface area contributed by atoms with Gasteiger partial charge in [0.15, 0.2) is 5.54 Å². The van der Waals surface area contributed by atoms with Crippen LogP contribution in [0, 0.1) is 6.92 Å². The van der Waals surface area contributed by atoms with Crippen molar-refractivity contribution >= 4 is 45.2 Å². The summed E-state index contributed by atoms with van der Waals surface area (Å²) < 4.78 is 0.911. The quantitative estimate of drug-likeness (QED) is 0.504. The van der Waals surface area contributed by atoms with Crippen molar-refractivity contribution in [1.82, 2.24) is 0 Å². The highest BCUT2D eigenvalue weighted by Gasteiger charge is 2.55. The van der Waals surface area contributed by atoms with Crippen molar-refractivity contribution in [3.63, 3.8) is 0 Å². The van der Waals surface area contributed by atoms with Gasteiger partial charge in [-0.25, -0.2) is 0 Å². The van der Waals surface area contributed by atoms with E-state index in [1.54, 1.807) is 4.90 Å². The Bertz CT molecular complexity index is 1110. The molecule has 150 valence electrons. The highest BCUT2D eigenvalue weighted by molar-refractivity contribution is 9.10. The number of amides is 2. The zero-order valence-corrected chi connectivity index (χ0v) is 18.1. The molecular weight excluding hydrogens is 440 g/mol. The van der Waals surface area contributed by atoms with Gasteiger partial charge in [0.05, 0.1) is 6.42 Å². The van der Waals surface area contributed by atoms with Crippen LogP contribution in [0.25, 0.3) is 6.08 Å². The Hall–Kier alpha value is -3.18. The maximum absolute atomic E-state index is 13.5. The number of carbonyl (C=O) groups excluding carboxylic acids is 2. The molecule has 1 aliphatic rings. The largest absolute Gasteiger partial charge is 0.323 e. The minimum Gasteiger partial charge on any atom is -0.323 e. The molecule has 0 saturated carbocycles. The number of benzene rings is 3. The molecule has 4 rings (SSSR count). The summed E-state index contributed by atoms with van der Waals surface area (Å²) >= 11 is 3.42. The first-order valence-electron chi connectivity index (χ1n) is 9.70. The molecule has 0 unspecified atom stereocenters. The van der Waals surface area contributed by atoms with E-state index in [9.17, 15) is 9.59 Å². The first kappa shape index (κ1) is 20.1. The Morgan fingerprint density at radius 2 is 1.67 bits per heavy atom. The Labute approximate surface area is 184 Å². The summed E-state index contributed by atoms with van der Waals surface area (Å²) in [6.45, 7) is 1.94. The second-order valence-corrected chi connectivity index (χ2v) is 8.24. The molecule has 0 bridgehead atoms. The Kier molecular flexibility index (Phi) is 5.55. The molecule has 1 saturated heterocycles. The summed E-state index contributed by atoms with van der Waals surface area (Å²) in [5.41, 5.74) is 2.27.